The van der Waals surface area contributed by atoms with E-state index < -0.39 is 0 Å². The molecule has 0 fully saturated rings. The normalized spacial score (nSPS) is 12.7. The molecule has 5 heteroatoms. The number of amides is 2. The van der Waals surface area contributed by atoms with Crippen molar-refractivity contribution in [3.8, 4) is 0 Å². The summed E-state index contributed by atoms with van der Waals surface area (Å²) in [7, 11) is 0. The van der Waals surface area contributed by atoms with E-state index in [1.165, 1.54) is 0 Å². The second kappa shape index (κ2) is 6.06. The second-order valence-electron chi connectivity index (χ2n) is 5.54. The molecule has 1 aromatic carbocycles. The van der Waals surface area contributed by atoms with Gasteiger partial charge in [-0.1, -0.05) is 39.3 Å². The fraction of sp³-hybridized carbons (Fsp3) is 0.429. The van der Waals surface area contributed by atoms with Crippen LogP contribution in [0.4, 0.5) is 0 Å². The zero-order valence-corrected chi connectivity index (χ0v) is 12.3. The Morgan fingerprint density at radius 1 is 1.11 bits per heavy atom. The summed E-state index contributed by atoms with van der Waals surface area (Å²) < 4.78 is 0. The van der Waals surface area contributed by atoms with Gasteiger partial charge in [0.25, 0.3) is 5.91 Å². The molecule has 2 N–H and O–H groups in total. The van der Waals surface area contributed by atoms with Crippen molar-refractivity contribution in [2.24, 2.45) is 11.3 Å². The molecule has 1 atom stereocenters. The lowest BCUT2D eigenvalue weighted by molar-refractivity contribution is -0.128. The SMILES string of the molecule is CC(C(=O)NNC(=O)c1ccc(Cl)cc1)C(C)(C)C. The summed E-state index contributed by atoms with van der Waals surface area (Å²) in [5.41, 5.74) is 5.10. The maximum absolute atomic E-state index is 11.8. The van der Waals surface area contributed by atoms with Gasteiger partial charge in [0.05, 0.1) is 0 Å². The standard InChI is InChI=1S/C14H19ClN2O2/c1-9(14(2,3)4)12(18)16-17-13(19)10-5-7-11(15)8-6-10/h5-9H,1-4H3,(H,16,18)(H,17,19). The summed E-state index contributed by atoms with van der Waals surface area (Å²) >= 11 is 5.73. The highest BCUT2D eigenvalue weighted by atomic mass is 35.5. The molecule has 0 aliphatic carbocycles. The van der Waals surface area contributed by atoms with Gasteiger partial charge in [0, 0.05) is 16.5 Å². The van der Waals surface area contributed by atoms with E-state index in [4.69, 9.17) is 11.6 Å². The van der Waals surface area contributed by atoms with Crippen LogP contribution in [0.5, 0.6) is 0 Å². The number of rotatable bonds is 2. The summed E-state index contributed by atoms with van der Waals surface area (Å²) in [6, 6.07) is 6.43. The van der Waals surface area contributed by atoms with Crippen molar-refractivity contribution in [3.63, 3.8) is 0 Å². The minimum Gasteiger partial charge on any atom is -0.273 e. The van der Waals surface area contributed by atoms with Crippen molar-refractivity contribution in [1.82, 2.24) is 10.9 Å². The van der Waals surface area contributed by atoms with Gasteiger partial charge in [0.1, 0.15) is 0 Å². The van der Waals surface area contributed by atoms with Crippen molar-refractivity contribution in [1.29, 1.82) is 0 Å². The van der Waals surface area contributed by atoms with Gasteiger partial charge >= 0.3 is 0 Å². The average molecular weight is 283 g/mol. The Balaban J connectivity index is 2.55. The van der Waals surface area contributed by atoms with Crippen LogP contribution in [0, 0.1) is 11.3 Å². The second-order valence-corrected chi connectivity index (χ2v) is 5.97. The van der Waals surface area contributed by atoms with Crippen LogP contribution in [-0.2, 0) is 4.79 Å². The van der Waals surface area contributed by atoms with Gasteiger partial charge in [-0.15, -0.1) is 0 Å². The number of hydrazine groups is 1. The lowest BCUT2D eigenvalue weighted by Gasteiger charge is -2.26. The first-order valence-electron chi connectivity index (χ1n) is 6.07. The van der Waals surface area contributed by atoms with E-state index in [2.05, 4.69) is 10.9 Å². The number of carbonyl (C=O) groups is 2. The van der Waals surface area contributed by atoms with Gasteiger partial charge in [-0.3, -0.25) is 20.4 Å². The molecule has 0 bridgehead atoms. The van der Waals surface area contributed by atoms with Crippen LogP contribution >= 0.6 is 11.6 Å². The molecule has 0 spiro atoms. The summed E-state index contributed by atoms with van der Waals surface area (Å²) in [4.78, 5) is 23.6. The summed E-state index contributed by atoms with van der Waals surface area (Å²) in [6.45, 7) is 7.73. The quantitative estimate of drug-likeness (QED) is 0.820. The van der Waals surface area contributed by atoms with Gasteiger partial charge in [-0.2, -0.15) is 0 Å². The Hall–Kier alpha value is -1.55. The molecule has 1 unspecified atom stereocenters. The summed E-state index contributed by atoms with van der Waals surface area (Å²) in [5.74, 6) is -0.793. The highest BCUT2D eigenvalue weighted by Crippen LogP contribution is 2.24. The summed E-state index contributed by atoms with van der Waals surface area (Å²) in [5, 5.41) is 0.557. The molecule has 2 amide bonds. The zero-order valence-electron chi connectivity index (χ0n) is 11.6. The van der Waals surface area contributed by atoms with Crippen LogP contribution < -0.4 is 10.9 Å². The molecule has 0 heterocycles. The number of hydrogen-bond acceptors (Lipinski definition) is 2. The van der Waals surface area contributed by atoms with Crippen LogP contribution in [0.3, 0.4) is 0 Å². The first-order valence-corrected chi connectivity index (χ1v) is 6.45. The van der Waals surface area contributed by atoms with Crippen molar-refractivity contribution in [3.05, 3.63) is 34.9 Å². The average Bonchev–Trinajstić information content (AvgIpc) is 2.34. The first kappa shape index (κ1) is 15.5. The molecular weight excluding hydrogens is 264 g/mol. The van der Waals surface area contributed by atoms with E-state index in [1.54, 1.807) is 24.3 Å². The van der Waals surface area contributed by atoms with E-state index in [1.807, 2.05) is 27.7 Å². The minimum absolute atomic E-state index is 0.158. The number of benzene rings is 1. The maximum atomic E-state index is 11.8. The summed E-state index contributed by atoms with van der Waals surface area (Å²) in [6.07, 6.45) is 0. The molecule has 0 radical (unpaired) electrons. The van der Waals surface area contributed by atoms with E-state index in [-0.39, 0.29) is 23.1 Å². The number of nitrogens with one attached hydrogen (secondary N) is 2. The third kappa shape index (κ3) is 4.56. The molecule has 0 aliphatic rings. The predicted octanol–water partition coefficient (Wildman–Crippen LogP) is 2.78. The van der Waals surface area contributed by atoms with Gasteiger partial charge in [-0.05, 0) is 29.7 Å². The molecule has 0 saturated carbocycles. The van der Waals surface area contributed by atoms with Crippen LogP contribution in [-0.4, -0.2) is 11.8 Å². The molecule has 1 aromatic rings. The lowest BCUT2D eigenvalue weighted by Crippen LogP contribution is -2.46. The Kier molecular flexibility index (Phi) is 4.95. The van der Waals surface area contributed by atoms with Gasteiger partial charge in [0.2, 0.25) is 5.91 Å². The third-order valence-electron chi connectivity index (χ3n) is 3.10. The van der Waals surface area contributed by atoms with Gasteiger partial charge in [-0.25, -0.2) is 0 Å². The molecule has 0 aromatic heterocycles. The zero-order chi connectivity index (χ0) is 14.6. The van der Waals surface area contributed by atoms with E-state index in [9.17, 15) is 9.59 Å². The van der Waals surface area contributed by atoms with Crippen molar-refractivity contribution in [2.45, 2.75) is 27.7 Å². The van der Waals surface area contributed by atoms with Gasteiger partial charge in [0.15, 0.2) is 0 Å². The number of hydrogen-bond donors (Lipinski definition) is 2. The predicted molar refractivity (Wildman–Crippen MR) is 75.7 cm³/mol. The molecule has 104 valence electrons. The Morgan fingerprint density at radius 3 is 2.11 bits per heavy atom. The van der Waals surface area contributed by atoms with Crippen LogP contribution in [0.25, 0.3) is 0 Å². The number of carbonyl (C=O) groups excluding carboxylic acids is 2. The lowest BCUT2D eigenvalue weighted by atomic mass is 9.82. The minimum atomic E-state index is -0.369. The van der Waals surface area contributed by atoms with Crippen molar-refractivity contribution in [2.75, 3.05) is 0 Å². The highest BCUT2D eigenvalue weighted by molar-refractivity contribution is 6.30. The molecule has 4 nitrogen and oxygen atoms in total. The monoisotopic (exact) mass is 282 g/mol. The largest absolute Gasteiger partial charge is 0.273 e. The van der Waals surface area contributed by atoms with Crippen LogP contribution in [0.15, 0.2) is 24.3 Å². The van der Waals surface area contributed by atoms with Gasteiger partial charge < -0.3 is 0 Å². The Bertz CT molecular complexity index is 463. The Morgan fingerprint density at radius 2 is 1.63 bits per heavy atom. The van der Waals surface area contributed by atoms with E-state index in [0.717, 1.165) is 0 Å². The van der Waals surface area contributed by atoms with E-state index >= 15 is 0 Å². The van der Waals surface area contributed by atoms with Crippen molar-refractivity contribution >= 4 is 23.4 Å². The third-order valence-corrected chi connectivity index (χ3v) is 3.35. The Labute approximate surface area is 118 Å². The molecule has 19 heavy (non-hydrogen) atoms. The highest BCUT2D eigenvalue weighted by Gasteiger charge is 2.26. The fourth-order valence-electron chi connectivity index (χ4n) is 1.29. The van der Waals surface area contributed by atoms with Crippen LogP contribution in [0.2, 0.25) is 5.02 Å². The molecule has 1 rings (SSSR count). The van der Waals surface area contributed by atoms with Crippen molar-refractivity contribution < 1.29 is 9.59 Å². The molecule has 0 saturated heterocycles. The van der Waals surface area contributed by atoms with E-state index in [0.29, 0.717) is 10.6 Å². The smallest absolute Gasteiger partial charge is 0.269 e. The first-order chi connectivity index (χ1) is 8.71. The maximum Gasteiger partial charge on any atom is 0.269 e. The van der Waals surface area contributed by atoms with Crippen LogP contribution in [0.1, 0.15) is 38.1 Å². The molecular formula is C14H19ClN2O2. The topological polar surface area (TPSA) is 58.2 Å². The molecule has 0 aliphatic heterocycles. The fourth-order valence-corrected chi connectivity index (χ4v) is 1.42. The number of halogens is 1.